The highest BCUT2D eigenvalue weighted by Gasteiger charge is 2.32. The summed E-state index contributed by atoms with van der Waals surface area (Å²) in [5, 5.41) is 8.71. The van der Waals surface area contributed by atoms with Crippen LogP contribution in [0.2, 0.25) is 0 Å². The molecule has 0 saturated heterocycles. The van der Waals surface area contributed by atoms with E-state index in [0.29, 0.717) is 19.5 Å². The van der Waals surface area contributed by atoms with E-state index in [1.165, 1.54) is 0 Å². The Balaban J connectivity index is 1.71. The summed E-state index contributed by atoms with van der Waals surface area (Å²) in [7, 11) is 0. The molecule has 144 valence electrons. The Bertz CT molecular complexity index is 875. The molecule has 1 amide bonds. The summed E-state index contributed by atoms with van der Waals surface area (Å²) >= 11 is 3.47. The molecule has 2 aromatic rings. The second-order valence-electron chi connectivity index (χ2n) is 6.66. The zero-order valence-corrected chi connectivity index (χ0v) is 17.8. The van der Waals surface area contributed by atoms with E-state index >= 15 is 0 Å². The van der Waals surface area contributed by atoms with Crippen LogP contribution in [-0.4, -0.2) is 38.9 Å². The van der Waals surface area contributed by atoms with Crippen LogP contribution in [0.15, 0.2) is 33.9 Å². The first-order valence-electron chi connectivity index (χ1n) is 9.24. The molecule has 0 radical (unpaired) electrons. The van der Waals surface area contributed by atoms with Gasteiger partial charge in [-0.3, -0.25) is 9.48 Å². The van der Waals surface area contributed by atoms with Crippen LogP contribution in [0.3, 0.4) is 0 Å². The lowest BCUT2D eigenvalue weighted by Gasteiger charge is -2.23. The van der Waals surface area contributed by atoms with Crippen molar-refractivity contribution in [3.05, 3.63) is 51.3 Å². The summed E-state index contributed by atoms with van der Waals surface area (Å²) in [6.07, 6.45) is -0.0846. The number of amides is 1. The molecule has 0 spiro atoms. The molecule has 1 aromatic heterocycles. The topological polar surface area (TPSA) is 59.7 Å². The van der Waals surface area contributed by atoms with Crippen molar-refractivity contribution >= 4 is 27.5 Å². The number of hydrogen-bond donors (Lipinski definition) is 0. The van der Waals surface area contributed by atoms with Gasteiger partial charge in [0.25, 0.3) is 5.91 Å². The molecule has 1 aliphatic rings. The number of aromatic nitrogens is 2. The number of carbonyl (C=O) groups excluding carboxylic acids is 1. The minimum atomic E-state index is -0.569. The molecule has 27 heavy (non-hydrogen) atoms. The van der Waals surface area contributed by atoms with E-state index in [-0.39, 0.29) is 5.91 Å². The first-order valence-corrected chi connectivity index (χ1v) is 10.0. The first-order chi connectivity index (χ1) is 12.9. The van der Waals surface area contributed by atoms with Crippen LogP contribution in [0.5, 0.6) is 0 Å². The summed E-state index contributed by atoms with van der Waals surface area (Å²) in [6.45, 7) is 10.1. The highest BCUT2D eigenvalue weighted by atomic mass is 79.9. The number of hydrogen-bond acceptors (Lipinski definition) is 4. The zero-order valence-electron chi connectivity index (χ0n) is 16.2. The van der Waals surface area contributed by atoms with Crippen molar-refractivity contribution in [3.8, 4) is 0 Å². The molecule has 0 bridgehead atoms. The second-order valence-corrected chi connectivity index (χ2v) is 7.58. The molecule has 0 N–H and O–H groups in total. The fraction of sp³-hybridized carbons (Fsp3) is 0.450. The minimum absolute atomic E-state index is 0.0331. The molecule has 0 saturated carbocycles. The van der Waals surface area contributed by atoms with Gasteiger partial charge in [0.2, 0.25) is 6.10 Å². The predicted octanol–water partition coefficient (Wildman–Crippen LogP) is 3.82. The smallest absolute Gasteiger partial charge is 0.267 e. The van der Waals surface area contributed by atoms with Crippen LogP contribution in [0.4, 0.5) is 0 Å². The van der Waals surface area contributed by atoms with Crippen molar-refractivity contribution in [3.63, 3.8) is 0 Å². The maximum absolute atomic E-state index is 13.0. The van der Waals surface area contributed by atoms with Crippen LogP contribution in [-0.2, 0) is 22.7 Å². The Morgan fingerprint density at radius 1 is 1.37 bits per heavy atom. The van der Waals surface area contributed by atoms with E-state index in [0.717, 1.165) is 39.2 Å². The van der Waals surface area contributed by atoms with Crippen LogP contribution in [0.25, 0.3) is 0 Å². The summed E-state index contributed by atoms with van der Waals surface area (Å²) in [4.78, 5) is 20.3. The number of oxime groups is 1. The van der Waals surface area contributed by atoms with Crippen molar-refractivity contribution in [2.45, 2.75) is 53.3 Å². The van der Waals surface area contributed by atoms with Gasteiger partial charge in [-0.15, -0.1) is 0 Å². The van der Waals surface area contributed by atoms with Crippen molar-refractivity contribution in [1.82, 2.24) is 14.7 Å². The lowest BCUT2D eigenvalue weighted by Crippen LogP contribution is -2.39. The van der Waals surface area contributed by atoms with Crippen molar-refractivity contribution in [1.29, 1.82) is 0 Å². The maximum Gasteiger partial charge on any atom is 0.267 e. The zero-order chi connectivity index (χ0) is 19.6. The molecule has 1 unspecified atom stereocenters. The summed E-state index contributed by atoms with van der Waals surface area (Å²) in [6, 6.07) is 7.87. The Hall–Kier alpha value is -2.15. The van der Waals surface area contributed by atoms with Gasteiger partial charge in [-0.2, -0.15) is 5.10 Å². The van der Waals surface area contributed by atoms with Crippen LogP contribution in [0, 0.1) is 13.8 Å². The molecule has 1 aliphatic heterocycles. The Morgan fingerprint density at radius 3 is 2.78 bits per heavy atom. The number of carbonyl (C=O) groups is 1. The number of halogens is 1. The Labute approximate surface area is 168 Å². The highest BCUT2D eigenvalue weighted by Crippen LogP contribution is 2.22. The van der Waals surface area contributed by atoms with E-state index < -0.39 is 6.10 Å². The van der Waals surface area contributed by atoms with E-state index in [2.05, 4.69) is 40.0 Å². The average Bonchev–Trinajstić information content (AvgIpc) is 3.25. The van der Waals surface area contributed by atoms with E-state index in [4.69, 9.17) is 4.84 Å². The number of rotatable bonds is 6. The lowest BCUT2D eigenvalue weighted by atomic mass is 10.0. The average molecular weight is 433 g/mol. The van der Waals surface area contributed by atoms with Crippen LogP contribution >= 0.6 is 15.9 Å². The van der Waals surface area contributed by atoms with Crippen molar-refractivity contribution < 1.29 is 9.63 Å². The quantitative estimate of drug-likeness (QED) is 0.696. The maximum atomic E-state index is 13.0. The summed E-state index contributed by atoms with van der Waals surface area (Å²) in [5.41, 5.74) is 4.97. The van der Waals surface area contributed by atoms with Gasteiger partial charge in [-0.05, 0) is 39.8 Å². The van der Waals surface area contributed by atoms with Crippen LogP contribution < -0.4 is 0 Å². The molecule has 1 atom stereocenters. The molecular formula is C20H25BrN4O2. The van der Waals surface area contributed by atoms with Gasteiger partial charge >= 0.3 is 0 Å². The van der Waals surface area contributed by atoms with E-state index in [1.807, 2.05) is 47.7 Å². The lowest BCUT2D eigenvalue weighted by molar-refractivity contribution is -0.142. The second kappa shape index (κ2) is 8.25. The highest BCUT2D eigenvalue weighted by molar-refractivity contribution is 9.10. The number of nitrogens with zero attached hydrogens (tertiary/aromatic N) is 4. The molecular weight excluding hydrogens is 408 g/mol. The van der Waals surface area contributed by atoms with Gasteiger partial charge in [0, 0.05) is 47.3 Å². The summed E-state index contributed by atoms with van der Waals surface area (Å²) < 4.78 is 2.95. The van der Waals surface area contributed by atoms with Gasteiger partial charge < -0.3 is 9.74 Å². The standard InChI is InChI=1S/C20H25BrN4O2/c1-5-24(12-17-13(3)22-25(6-2)14(17)4)20(26)19-11-18(23-27-19)15-8-7-9-16(21)10-15/h7-10,19H,5-6,11-12H2,1-4H3. The third-order valence-corrected chi connectivity index (χ3v) is 5.47. The third-order valence-electron chi connectivity index (χ3n) is 4.98. The molecule has 6 nitrogen and oxygen atoms in total. The van der Waals surface area contributed by atoms with Gasteiger partial charge in [0.1, 0.15) is 0 Å². The fourth-order valence-corrected chi connectivity index (χ4v) is 3.76. The molecule has 7 heteroatoms. The molecule has 2 heterocycles. The molecule has 3 rings (SSSR count). The summed E-state index contributed by atoms with van der Waals surface area (Å²) in [5.74, 6) is -0.0331. The Kier molecular flexibility index (Phi) is 5.99. The number of benzene rings is 1. The number of likely N-dealkylation sites (N-methyl/N-ethyl adjacent to an activating group) is 1. The van der Waals surface area contributed by atoms with Crippen molar-refractivity contribution in [2.24, 2.45) is 5.16 Å². The van der Waals surface area contributed by atoms with Crippen LogP contribution in [0.1, 0.15) is 42.8 Å². The van der Waals surface area contributed by atoms with Gasteiger partial charge in [-0.1, -0.05) is 33.2 Å². The van der Waals surface area contributed by atoms with Gasteiger partial charge in [-0.25, -0.2) is 0 Å². The number of aryl methyl sites for hydroxylation is 2. The monoisotopic (exact) mass is 432 g/mol. The SMILES string of the molecule is CCN(Cc1c(C)nn(CC)c1C)C(=O)C1CC(c2cccc(Br)c2)=NO1. The molecule has 1 aromatic carbocycles. The predicted molar refractivity (Wildman–Crippen MR) is 109 cm³/mol. The van der Waals surface area contributed by atoms with Crippen molar-refractivity contribution in [2.75, 3.05) is 6.54 Å². The largest absolute Gasteiger partial charge is 0.382 e. The van der Waals surface area contributed by atoms with E-state index in [1.54, 1.807) is 0 Å². The normalized spacial score (nSPS) is 16.2. The molecule has 0 fully saturated rings. The van der Waals surface area contributed by atoms with Gasteiger partial charge in [0.05, 0.1) is 11.4 Å². The molecule has 0 aliphatic carbocycles. The fourth-order valence-electron chi connectivity index (χ4n) is 3.36. The van der Waals surface area contributed by atoms with Gasteiger partial charge in [0.15, 0.2) is 0 Å². The minimum Gasteiger partial charge on any atom is -0.382 e. The van der Waals surface area contributed by atoms with E-state index in [9.17, 15) is 4.79 Å². The first kappa shape index (κ1) is 19.6. The Morgan fingerprint density at radius 2 is 2.15 bits per heavy atom. The third kappa shape index (κ3) is 4.08.